The van der Waals surface area contributed by atoms with Crippen LogP contribution in [-0.2, 0) is 9.53 Å². The van der Waals surface area contributed by atoms with Crippen molar-refractivity contribution in [1.82, 2.24) is 5.43 Å². The zero-order chi connectivity index (χ0) is 19.6. The quantitative estimate of drug-likeness (QED) is 0.433. The van der Waals surface area contributed by atoms with Crippen molar-refractivity contribution in [2.45, 2.75) is 0 Å². The molecule has 0 unspecified atom stereocenters. The molecule has 2 aromatic rings. The van der Waals surface area contributed by atoms with Crippen LogP contribution < -0.4 is 19.6 Å². The van der Waals surface area contributed by atoms with Crippen LogP contribution >= 0.6 is 0 Å². The van der Waals surface area contributed by atoms with E-state index in [1.165, 1.54) is 20.4 Å². The number of carbonyl (C=O) groups excluding carboxylic acids is 2. The molecule has 0 aliphatic carbocycles. The predicted octanol–water partition coefficient (Wildman–Crippen LogP) is 2.02. The number of methoxy groups -OCH3 is 3. The van der Waals surface area contributed by atoms with Crippen LogP contribution in [0.5, 0.6) is 17.2 Å². The minimum atomic E-state index is -0.441. The number of nitrogens with zero attached hydrogens (tertiary/aromatic N) is 1. The molecule has 27 heavy (non-hydrogen) atoms. The van der Waals surface area contributed by atoms with Crippen molar-refractivity contribution in [3.63, 3.8) is 0 Å². The summed E-state index contributed by atoms with van der Waals surface area (Å²) in [5, 5.41) is 3.87. The molecule has 0 atom stereocenters. The van der Waals surface area contributed by atoms with E-state index in [1.807, 2.05) is 0 Å². The van der Waals surface area contributed by atoms with Crippen LogP contribution in [-0.4, -0.2) is 46.0 Å². The maximum absolute atomic E-state index is 11.8. The van der Waals surface area contributed by atoms with Gasteiger partial charge in [-0.05, 0) is 48.0 Å². The number of hydrogen-bond acceptors (Lipinski definition) is 7. The standard InChI is InChI=1S/C19H20N2O6/c1-24-16-9-4-13(10-17(16)25-2)11-20-21-18(22)12-27-15-7-5-14(6-8-15)19(23)26-3/h4-11H,12H2,1-3H3,(H,21,22)/b20-11-. The van der Waals surface area contributed by atoms with Gasteiger partial charge in [0.2, 0.25) is 0 Å². The number of hydrogen-bond donors (Lipinski definition) is 1. The number of nitrogens with one attached hydrogen (secondary N) is 1. The molecule has 0 bridgehead atoms. The summed E-state index contributed by atoms with van der Waals surface area (Å²) >= 11 is 0. The summed E-state index contributed by atoms with van der Waals surface area (Å²) in [7, 11) is 4.39. The van der Waals surface area contributed by atoms with E-state index in [2.05, 4.69) is 15.3 Å². The van der Waals surface area contributed by atoms with Crippen LogP contribution in [0.3, 0.4) is 0 Å². The molecule has 0 aliphatic rings. The lowest BCUT2D eigenvalue weighted by Gasteiger charge is -2.07. The Morgan fingerprint density at radius 1 is 1.00 bits per heavy atom. The molecule has 0 heterocycles. The second-order valence-corrected chi connectivity index (χ2v) is 5.21. The number of ether oxygens (including phenoxy) is 4. The Bertz CT molecular complexity index is 817. The maximum Gasteiger partial charge on any atom is 0.337 e. The monoisotopic (exact) mass is 372 g/mol. The van der Waals surface area contributed by atoms with Gasteiger partial charge in [0.15, 0.2) is 18.1 Å². The molecule has 2 rings (SSSR count). The molecule has 0 radical (unpaired) electrons. The average Bonchev–Trinajstić information content (AvgIpc) is 2.71. The lowest BCUT2D eigenvalue weighted by Crippen LogP contribution is -2.24. The summed E-state index contributed by atoms with van der Waals surface area (Å²) in [6.07, 6.45) is 1.48. The maximum atomic E-state index is 11.8. The first-order valence-electron chi connectivity index (χ1n) is 7.92. The molecule has 0 saturated heterocycles. The topological polar surface area (TPSA) is 95.5 Å². The summed E-state index contributed by atoms with van der Waals surface area (Å²) in [6.45, 7) is -0.221. The lowest BCUT2D eigenvalue weighted by atomic mass is 10.2. The van der Waals surface area contributed by atoms with Crippen molar-refractivity contribution in [1.29, 1.82) is 0 Å². The third kappa shape index (κ3) is 5.74. The van der Waals surface area contributed by atoms with E-state index in [0.717, 1.165) is 5.56 Å². The highest BCUT2D eigenvalue weighted by atomic mass is 16.5. The van der Waals surface area contributed by atoms with Gasteiger partial charge in [-0.3, -0.25) is 4.79 Å². The van der Waals surface area contributed by atoms with E-state index >= 15 is 0 Å². The third-order valence-corrected chi connectivity index (χ3v) is 3.46. The lowest BCUT2D eigenvalue weighted by molar-refractivity contribution is -0.123. The molecule has 1 N–H and O–H groups in total. The molecule has 8 nitrogen and oxygen atoms in total. The molecule has 0 aliphatic heterocycles. The largest absolute Gasteiger partial charge is 0.493 e. The van der Waals surface area contributed by atoms with Crippen LogP contribution in [0.15, 0.2) is 47.6 Å². The zero-order valence-corrected chi connectivity index (χ0v) is 15.2. The Kier molecular flexibility index (Phi) is 7.18. The van der Waals surface area contributed by atoms with Gasteiger partial charge in [0.1, 0.15) is 5.75 Å². The van der Waals surface area contributed by atoms with Gasteiger partial charge in [-0.25, -0.2) is 10.2 Å². The number of rotatable bonds is 8. The minimum Gasteiger partial charge on any atom is -0.493 e. The van der Waals surface area contributed by atoms with Crippen molar-refractivity contribution in [3.05, 3.63) is 53.6 Å². The van der Waals surface area contributed by atoms with Crippen molar-refractivity contribution < 1.29 is 28.5 Å². The first-order valence-corrected chi connectivity index (χ1v) is 7.92. The van der Waals surface area contributed by atoms with E-state index in [4.69, 9.17) is 14.2 Å². The normalized spacial score (nSPS) is 10.3. The Morgan fingerprint density at radius 2 is 1.70 bits per heavy atom. The van der Waals surface area contributed by atoms with E-state index < -0.39 is 11.9 Å². The molecule has 0 fully saturated rings. The zero-order valence-electron chi connectivity index (χ0n) is 15.2. The highest BCUT2D eigenvalue weighted by Crippen LogP contribution is 2.26. The molecule has 0 saturated carbocycles. The second-order valence-electron chi connectivity index (χ2n) is 5.21. The SMILES string of the molecule is COC(=O)c1ccc(OCC(=O)N/N=C\c2ccc(OC)c(OC)c2)cc1. The molecular weight excluding hydrogens is 352 g/mol. The van der Waals surface area contributed by atoms with Crippen molar-refractivity contribution in [2.24, 2.45) is 5.10 Å². The summed E-state index contributed by atoms with van der Waals surface area (Å²) in [5.41, 5.74) is 3.49. The van der Waals surface area contributed by atoms with Crippen LogP contribution in [0.25, 0.3) is 0 Å². The van der Waals surface area contributed by atoms with Gasteiger partial charge in [0.25, 0.3) is 5.91 Å². The van der Waals surface area contributed by atoms with E-state index in [0.29, 0.717) is 22.8 Å². The molecular formula is C19H20N2O6. The van der Waals surface area contributed by atoms with E-state index in [1.54, 1.807) is 49.6 Å². The fourth-order valence-corrected chi connectivity index (χ4v) is 2.10. The van der Waals surface area contributed by atoms with E-state index in [9.17, 15) is 9.59 Å². The Balaban J connectivity index is 1.84. The number of benzene rings is 2. The smallest absolute Gasteiger partial charge is 0.337 e. The highest BCUT2D eigenvalue weighted by molar-refractivity contribution is 5.89. The summed E-state index contributed by atoms with van der Waals surface area (Å²) in [6, 6.07) is 11.5. The summed E-state index contributed by atoms with van der Waals surface area (Å²) in [5.74, 6) is 0.742. The summed E-state index contributed by atoms with van der Waals surface area (Å²) < 4.78 is 20.3. The Labute approximate surface area is 156 Å². The third-order valence-electron chi connectivity index (χ3n) is 3.46. The predicted molar refractivity (Wildman–Crippen MR) is 98.6 cm³/mol. The second kappa shape index (κ2) is 9.81. The first-order chi connectivity index (χ1) is 13.1. The van der Waals surface area contributed by atoms with Crippen molar-refractivity contribution >= 4 is 18.1 Å². The van der Waals surface area contributed by atoms with Gasteiger partial charge in [0.05, 0.1) is 33.1 Å². The van der Waals surface area contributed by atoms with Crippen molar-refractivity contribution in [2.75, 3.05) is 27.9 Å². The fraction of sp³-hybridized carbons (Fsp3) is 0.211. The fourth-order valence-electron chi connectivity index (χ4n) is 2.10. The summed E-state index contributed by atoms with van der Waals surface area (Å²) in [4.78, 5) is 23.1. The number of amides is 1. The number of esters is 1. The Hall–Kier alpha value is -3.55. The van der Waals surface area contributed by atoms with Crippen molar-refractivity contribution in [3.8, 4) is 17.2 Å². The molecule has 0 spiro atoms. The Morgan fingerprint density at radius 3 is 2.33 bits per heavy atom. The molecule has 1 amide bonds. The average molecular weight is 372 g/mol. The molecule has 0 aromatic heterocycles. The minimum absolute atomic E-state index is 0.221. The van der Waals surface area contributed by atoms with Crippen LogP contribution in [0.2, 0.25) is 0 Å². The van der Waals surface area contributed by atoms with E-state index in [-0.39, 0.29) is 6.61 Å². The molecule has 2 aromatic carbocycles. The molecule has 8 heteroatoms. The van der Waals surface area contributed by atoms with Gasteiger partial charge >= 0.3 is 5.97 Å². The van der Waals surface area contributed by atoms with Gasteiger partial charge in [0, 0.05) is 0 Å². The number of carbonyl (C=O) groups is 2. The number of hydrazone groups is 1. The van der Waals surface area contributed by atoms with Gasteiger partial charge in [-0.2, -0.15) is 5.10 Å². The van der Waals surface area contributed by atoms with Crippen LogP contribution in [0.1, 0.15) is 15.9 Å². The highest BCUT2D eigenvalue weighted by Gasteiger charge is 2.06. The van der Waals surface area contributed by atoms with Gasteiger partial charge in [-0.15, -0.1) is 0 Å². The van der Waals surface area contributed by atoms with Crippen LogP contribution in [0.4, 0.5) is 0 Å². The van der Waals surface area contributed by atoms with Gasteiger partial charge < -0.3 is 18.9 Å². The first kappa shape index (κ1) is 19.8. The molecule has 142 valence electrons. The van der Waals surface area contributed by atoms with Crippen LogP contribution in [0, 0.1) is 0 Å². The van der Waals surface area contributed by atoms with Gasteiger partial charge in [-0.1, -0.05) is 0 Å².